The standard InChI is InChI=1S/C18H20N2O/c1-21-16-8-6-14(7-9-16)12-19-11-10-15-13-20-18-5-3-2-4-17(15)18/h2-9,13,19-20H,10-12H2,1H3/p+1. The predicted molar refractivity (Wildman–Crippen MR) is 85.5 cm³/mol. The van der Waals surface area contributed by atoms with Crippen LogP contribution in [0, 0.1) is 0 Å². The van der Waals surface area contributed by atoms with Gasteiger partial charge in [0.15, 0.2) is 0 Å². The minimum Gasteiger partial charge on any atom is -0.497 e. The molecule has 0 atom stereocenters. The fraction of sp³-hybridized carbons (Fsp3) is 0.222. The zero-order valence-electron chi connectivity index (χ0n) is 12.3. The average molecular weight is 281 g/mol. The molecule has 0 aliphatic heterocycles. The summed E-state index contributed by atoms with van der Waals surface area (Å²) in [5.41, 5.74) is 3.95. The van der Waals surface area contributed by atoms with Crippen molar-refractivity contribution in [1.29, 1.82) is 0 Å². The van der Waals surface area contributed by atoms with E-state index in [4.69, 9.17) is 4.74 Å². The van der Waals surface area contributed by atoms with Gasteiger partial charge < -0.3 is 15.0 Å². The number of benzene rings is 2. The molecule has 0 amide bonds. The number of nitrogens with one attached hydrogen (secondary N) is 1. The van der Waals surface area contributed by atoms with E-state index in [1.807, 2.05) is 12.1 Å². The maximum atomic E-state index is 5.17. The van der Waals surface area contributed by atoms with Crippen LogP contribution in [0.2, 0.25) is 0 Å². The van der Waals surface area contributed by atoms with Crippen molar-refractivity contribution in [1.82, 2.24) is 4.98 Å². The van der Waals surface area contributed by atoms with Gasteiger partial charge in [-0.15, -0.1) is 0 Å². The molecule has 1 aromatic heterocycles. The van der Waals surface area contributed by atoms with E-state index >= 15 is 0 Å². The molecule has 0 saturated carbocycles. The van der Waals surface area contributed by atoms with Crippen molar-refractivity contribution in [2.75, 3.05) is 13.7 Å². The van der Waals surface area contributed by atoms with Gasteiger partial charge in [0.25, 0.3) is 0 Å². The third-order valence-electron chi connectivity index (χ3n) is 3.83. The van der Waals surface area contributed by atoms with Crippen LogP contribution in [0.15, 0.2) is 54.7 Å². The molecule has 0 saturated heterocycles. The van der Waals surface area contributed by atoms with Crippen LogP contribution >= 0.6 is 0 Å². The van der Waals surface area contributed by atoms with Gasteiger partial charge in [0, 0.05) is 29.1 Å². The third-order valence-corrected chi connectivity index (χ3v) is 3.83. The first-order valence-corrected chi connectivity index (χ1v) is 7.36. The molecule has 0 unspecified atom stereocenters. The van der Waals surface area contributed by atoms with Gasteiger partial charge in [-0.1, -0.05) is 18.2 Å². The lowest BCUT2D eigenvalue weighted by Crippen LogP contribution is -2.83. The summed E-state index contributed by atoms with van der Waals surface area (Å²) in [5, 5.41) is 3.69. The SMILES string of the molecule is COc1ccc(C[NH2+]CCc2c[nH]c3ccccc23)cc1. The van der Waals surface area contributed by atoms with Crippen LogP contribution in [0.3, 0.4) is 0 Å². The smallest absolute Gasteiger partial charge is 0.118 e. The van der Waals surface area contributed by atoms with Crippen molar-refractivity contribution in [2.24, 2.45) is 0 Å². The fourth-order valence-electron chi connectivity index (χ4n) is 2.63. The van der Waals surface area contributed by atoms with Crippen molar-refractivity contribution in [3.63, 3.8) is 0 Å². The first-order chi connectivity index (χ1) is 10.4. The summed E-state index contributed by atoms with van der Waals surface area (Å²) in [4.78, 5) is 3.33. The van der Waals surface area contributed by atoms with E-state index in [0.717, 1.165) is 25.3 Å². The van der Waals surface area contributed by atoms with Gasteiger partial charge in [-0.05, 0) is 35.9 Å². The number of H-pyrrole nitrogens is 1. The maximum absolute atomic E-state index is 5.17. The maximum Gasteiger partial charge on any atom is 0.118 e. The molecule has 2 aromatic carbocycles. The second-order valence-corrected chi connectivity index (χ2v) is 5.24. The highest BCUT2D eigenvalue weighted by Gasteiger charge is 2.03. The molecule has 0 bridgehead atoms. The van der Waals surface area contributed by atoms with Crippen LogP contribution in [0.25, 0.3) is 10.9 Å². The Bertz CT molecular complexity index is 701. The molecule has 3 rings (SSSR count). The Balaban J connectivity index is 1.51. The number of rotatable bonds is 6. The Morgan fingerprint density at radius 3 is 2.67 bits per heavy atom. The van der Waals surface area contributed by atoms with E-state index < -0.39 is 0 Å². The predicted octanol–water partition coefficient (Wildman–Crippen LogP) is 2.48. The lowest BCUT2D eigenvalue weighted by molar-refractivity contribution is -0.670. The number of hydrogen-bond donors (Lipinski definition) is 2. The molecule has 0 spiro atoms. The topological polar surface area (TPSA) is 41.6 Å². The largest absolute Gasteiger partial charge is 0.497 e. The van der Waals surface area contributed by atoms with Crippen LogP contribution in [0.4, 0.5) is 0 Å². The van der Waals surface area contributed by atoms with Gasteiger partial charge in [-0.3, -0.25) is 0 Å². The first-order valence-electron chi connectivity index (χ1n) is 7.36. The van der Waals surface area contributed by atoms with Crippen molar-refractivity contribution in [3.05, 3.63) is 65.9 Å². The molecule has 0 fully saturated rings. The Hall–Kier alpha value is -2.26. The summed E-state index contributed by atoms with van der Waals surface area (Å²) >= 11 is 0. The van der Waals surface area contributed by atoms with Crippen molar-refractivity contribution in [3.8, 4) is 5.75 Å². The third kappa shape index (κ3) is 3.26. The fourth-order valence-corrected chi connectivity index (χ4v) is 2.63. The number of methoxy groups -OCH3 is 1. The number of ether oxygens (including phenoxy) is 1. The number of aromatic nitrogens is 1. The number of fused-ring (bicyclic) bond motifs is 1. The minimum absolute atomic E-state index is 0.914. The Kier molecular flexibility index (Phi) is 4.22. The highest BCUT2D eigenvalue weighted by atomic mass is 16.5. The van der Waals surface area contributed by atoms with Crippen molar-refractivity contribution >= 4 is 10.9 Å². The van der Waals surface area contributed by atoms with Crippen LogP contribution in [-0.2, 0) is 13.0 Å². The van der Waals surface area contributed by atoms with Gasteiger partial charge in [0.05, 0.1) is 13.7 Å². The second kappa shape index (κ2) is 6.46. The second-order valence-electron chi connectivity index (χ2n) is 5.24. The van der Waals surface area contributed by atoms with Gasteiger partial charge in [0.1, 0.15) is 12.3 Å². The zero-order chi connectivity index (χ0) is 14.5. The zero-order valence-corrected chi connectivity index (χ0v) is 12.3. The molecular weight excluding hydrogens is 260 g/mol. The molecule has 21 heavy (non-hydrogen) atoms. The molecule has 0 aliphatic rings. The van der Waals surface area contributed by atoms with Crippen LogP contribution in [0.1, 0.15) is 11.1 Å². The molecular formula is C18H21N2O+. The summed E-state index contributed by atoms with van der Waals surface area (Å²) < 4.78 is 5.17. The molecule has 3 nitrogen and oxygen atoms in total. The van der Waals surface area contributed by atoms with E-state index in [1.54, 1.807) is 7.11 Å². The van der Waals surface area contributed by atoms with Crippen LogP contribution in [-0.4, -0.2) is 18.6 Å². The molecule has 0 radical (unpaired) electrons. The lowest BCUT2D eigenvalue weighted by atomic mass is 10.1. The number of quaternary nitrogens is 1. The van der Waals surface area contributed by atoms with Crippen LogP contribution in [0.5, 0.6) is 5.75 Å². The molecule has 3 heteroatoms. The van der Waals surface area contributed by atoms with Crippen molar-refractivity contribution in [2.45, 2.75) is 13.0 Å². The molecule has 1 heterocycles. The average Bonchev–Trinajstić information content (AvgIpc) is 2.95. The molecule has 3 N–H and O–H groups in total. The van der Waals surface area contributed by atoms with Gasteiger partial charge in [-0.25, -0.2) is 0 Å². The van der Waals surface area contributed by atoms with E-state index in [2.05, 4.69) is 52.9 Å². The minimum atomic E-state index is 0.914. The Labute approximate surface area is 125 Å². The number of hydrogen-bond acceptors (Lipinski definition) is 1. The van der Waals surface area contributed by atoms with Crippen molar-refractivity contribution < 1.29 is 10.1 Å². The van der Waals surface area contributed by atoms with E-state index in [-0.39, 0.29) is 0 Å². The van der Waals surface area contributed by atoms with E-state index in [1.165, 1.54) is 22.0 Å². The summed E-state index contributed by atoms with van der Waals surface area (Å²) in [6, 6.07) is 16.8. The molecule has 3 aromatic rings. The Morgan fingerprint density at radius 2 is 1.86 bits per heavy atom. The van der Waals surface area contributed by atoms with E-state index in [9.17, 15) is 0 Å². The van der Waals surface area contributed by atoms with E-state index in [0.29, 0.717) is 0 Å². The summed E-state index contributed by atoms with van der Waals surface area (Å²) in [6.07, 6.45) is 3.21. The summed E-state index contributed by atoms with van der Waals surface area (Å²) in [6.45, 7) is 2.10. The Morgan fingerprint density at radius 1 is 1.05 bits per heavy atom. The number of para-hydroxylation sites is 1. The molecule has 0 aliphatic carbocycles. The monoisotopic (exact) mass is 281 g/mol. The van der Waals surface area contributed by atoms with Gasteiger partial charge >= 0.3 is 0 Å². The first kappa shape index (κ1) is 13.7. The summed E-state index contributed by atoms with van der Waals surface area (Å²) in [7, 11) is 1.70. The van der Waals surface area contributed by atoms with Gasteiger partial charge in [-0.2, -0.15) is 0 Å². The summed E-state index contributed by atoms with van der Waals surface area (Å²) in [5.74, 6) is 0.914. The number of nitrogens with two attached hydrogens (primary N) is 1. The van der Waals surface area contributed by atoms with Gasteiger partial charge in [0.2, 0.25) is 0 Å². The van der Waals surface area contributed by atoms with Crippen LogP contribution < -0.4 is 10.1 Å². The molecule has 108 valence electrons. The normalized spacial score (nSPS) is 10.9. The quantitative estimate of drug-likeness (QED) is 0.670. The number of aromatic amines is 1. The highest BCUT2D eigenvalue weighted by Crippen LogP contribution is 2.17. The highest BCUT2D eigenvalue weighted by molar-refractivity contribution is 5.82. The lowest BCUT2D eigenvalue weighted by Gasteiger charge is -2.03.